The van der Waals surface area contributed by atoms with Crippen LogP contribution in [0, 0.1) is 5.92 Å². The Labute approximate surface area is 187 Å². The van der Waals surface area contributed by atoms with Crippen molar-refractivity contribution in [1.29, 1.82) is 0 Å². The highest BCUT2D eigenvalue weighted by atomic mass is 35.5. The van der Waals surface area contributed by atoms with Crippen molar-refractivity contribution in [3.63, 3.8) is 0 Å². The number of nitrogens with one attached hydrogen (secondary N) is 1. The second kappa shape index (κ2) is 10.3. The van der Waals surface area contributed by atoms with E-state index in [2.05, 4.69) is 5.32 Å². The quantitative estimate of drug-likeness (QED) is 0.714. The molecule has 0 spiro atoms. The van der Waals surface area contributed by atoms with Crippen molar-refractivity contribution in [1.82, 2.24) is 15.1 Å². The van der Waals surface area contributed by atoms with E-state index in [1.54, 1.807) is 24.3 Å². The summed E-state index contributed by atoms with van der Waals surface area (Å²) >= 11 is 5.92. The molecule has 1 heterocycles. The van der Waals surface area contributed by atoms with Crippen LogP contribution in [0.5, 0.6) is 0 Å². The van der Waals surface area contributed by atoms with Gasteiger partial charge in [0, 0.05) is 23.8 Å². The van der Waals surface area contributed by atoms with Crippen LogP contribution >= 0.6 is 11.6 Å². The predicted molar refractivity (Wildman–Crippen MR) is 121 cm³/mol. The monoisotopic (exact) mass is 442 g/mol. The van der Waals surface area contributed by atoms with Gasteiger partial charge in [0.1, 0.15) is 19.8 Å². The fourth-order valence-electron chi connectivity index (χ4n) is 3.37. The first-order valence-electron chi connectivity index (χ1n) is 10.2. The minimum absolute atomic E-state index is 0.0113. The lowest BCUT2D eigenvalue weighted by Gasteiger charge is -2.26. The molecule has 1 N–H and O–H groups in total. The average Bonchev–Trinajstić information content (AvgIpc) is 3.14. The van der Waals surface area contributed by atoms with Gasteiger partial charge < -0.3 is 15.1 Å². The Balaban J connectivity index is 1.61. The van der Waals surface area contributed by atoms with E-state index in [0.29, 0.717) is 23.8 Å². The summed E-state index contributed by atoms with van der Waals surface area (Å²) in [5, 5.41) is 3.45. The summed E-state index contributed by atoms with van der Waals surface area (Å²) in [4.78, 5) is 42.6. The lowest BCUT2D eigenvalue weighted by atomic mass is 10.2. The highest BCUT2D eigenvalue weighted by Gasteiger charge is 2.33. The lowest BCUT2D eigenvalue weighted by molar-refractivity contribution is -0.132. The Morgan fingerprint density at radius 1 is 1.10 bits per heavy atom. The molecule has 7 nitrogen and oxygen atoms in total. The fourth-order valence-corrected chi connectivity index (χ4v) is 3.50. The van der Waals surface area contributed by atoms with Crippen LogP contribution in [0.4, 0.5) is 10.5 Å². The predicted octanol–water partition coefficient (Wildman–Crippen LogP) is 3.34. The van der Waals surface area contributed by atoms with Gasteiger partial charge in [0.15, 0.2) is 0 Å². The first-order valence-corrected chi connectivity index (χ1v) is 10.6. The minimum Gasteiger partial charge on any atom is -0.334 e. The van der Waals surface area contributed by atoms with Gasteiger partial charge in [0.25, 0.3) is 0 Å². The number of urea groups is 1. The highest BCUT2D eigenvalue weighted by Crippen LogP contribution is 2.22. The largest absolute Gasteiger partial charge is 0.334 e. The summed E-state index contributed by atoms with van der Waals surface area (Å²) in [7, 11) is 0. The first kappa shape index (κ1) is 22.6. The van der Waals surface area contributed by atoms with Crippen LogP contribution in [0.1, 0.15) is 19.4 Å². The molecule has 0 radical (unpaired) electrons. The summed E-state index contributed by atoms with van der Waals surface area (Å²) in [6.45, 7) is 4.86. The Morgan fingerprint density at radius 3 is 2.42 bits per heavy atom. The zero-order chi connectivity index (χ0) is 22.4. The van der Waals surface area contributed by atoms with Gasteiger partial charge in [0.2, 0.25) is 11.8 Å². The summed E-state index contributed by atoms with van der Waals surface area (Å²) < 4.78 is 0. The second-order valence-electron chi connectivity index (χ2n) is 7.95. The maximum atomic E-state index is 12.9. The van der Waals surface area contributed by atoms with Gasteiger partial charge in [0.05, 0.1) is 0 Å². The molecular formula is C23H27ClN4O3. The number of halogens is 1. The van der Waals surface area contributed by atoms with Gasteiger partial charge in [-0.1, -0.05) is 55.8 Å². The van der Waals surface area contributed by atoms with Crippen molar-refractivity contribution in [2.45, 2.75) is 20.4 Å². The molecule has 31 heavy (non-hydrogen) atoms. The average molecular weight is 443 g/mol. The summed E-state index contributed by atoms with van der Waals surface area (Å²) in [5.41, 5.74) is 1.67. The van der Waals surface area contributed by atoms with E-state index in [-0.39, 0.29) is 43.5 Å². The topological polar surface area (TPSA) is 73.0 Å². The highest BCUT2D eigenvalue weighted by molar-refractivity contribution is 6.30. The van der Waals surface area contributed by atoms with E-state index in [1.807, 2.05) is 44.2 Å². The number of carbonyl (C=O) groups is 3. The third-order valence-corrected chi connectivity index (χ3v) is 5.17. The molecule has 2 aromatic rings. The third kappa shape index (κ3) is 6.21. The molecule has 8 heteroatoms. The molecule has 0 aromatic heterocycles. The minimum atomic E-state index is -0.300. The smallest absolute Gasteiger partial charge is 0.318 e. The maximum Gasteiger partial charge on any atom is 0.318 e. The number of benzene rings is 2. The van der Waals surface area contributed by atoms with Gasteiger partial charge in [-0.15, -0.1) is 0 Å². The van der Waals surface area contributed by atoms with Crippen molar-refractivity contribution in [2.24, 2.45) is 5.92 Å². The number of amides is 4. The molecule has 0 atom stereocenters. The van der Waals surface area contributed by atoms with Crippen molar-refractivity contribution in [3.8, 4) is 0 Å². The number of hydrogen-bond donors (Lipinski definition) is 1. The summed E-state index contributed by atoms with van der Waals surface area (Å²) in [6, 6.07) is 16.2. The van der Waals surface area contributed by atoms with Crippen LogP contribution in [-0.2, 0) is 16.1 Å². The number of hydrogen-bond acceptors (Lipinski definition) is 3. The van der Waals surface area contributed by atoms with Gasteiger partial charge in [-0.3, -0.25) is 14.5 Å². The van der Waals surface area contributed by atoms with E-state index >= 15 is 0 Å². The molecule has 1 saturated heterocycles. The molecule has 0 unspecified atom stereocenters. The van der Waals surface area contributed by atoms with E-state index in [1.165, 1.54) is 14.7 Å². The zero-order valence-corrected chi connectivity index (χ0v) is 18.5. The maximum absolute atomic E-state index is 12.9. The molecule has 0 bridgehead atoms. The summed E-state index contributed by atoms with van der Waals surface area (Å²) in [5.74, 6) is -0.235. The van der Waals surface area contributed by atoms with Crippen LogP contribution in [0.3, 0.4) is 0 Å². The Morgan fingerprint density at radius 2 is 1.77 bits per heavy atom. The van der Waals surface area contributed by atoms with Gasteiger partial charge in [-0.05, 0) is 35.7 Å². The normalized spacial score (nSPS) is 13.6. The van der Waals surface area contributed by atoms with E-state index < -0.39 is 0 Å². The standard InChI is InChI=1S/C23H27ClN4O3/c1-17(2)13-26(23(31)25-12-18-6-4-3-5-7-18)14-21(29)27-15-22(30)28(16-27)20-10-8-19(24)9-11-20/h3-11,17H,12-16H2,1-2H3,(H,25,31). The molecule has 2 aromatic carbocycles. The lowest BCUT2D eigenvalue weighted by Crippen LogP contribution is -2.47. The van der Waals surface area contributed by atoms with Crippen LogP contribution in [0.25, 0.3) is 0 Å². The number of anilines is 1. The van der Waals surface area contributed by atoms with Gasteiger partial charge in [-0.2, -0.15) is 0 Å². The van der Waals surface area contributed by atoms with Crippen LogP contribution in [0.15, 0.2) is 54.6 Å². The molecule has 1 aliphatic heterocycles. The van der Waals surface area contributed by atoms with Crippen molar-refractivity contribution >= 4 is 35.1 Å². The van der Waals surface area contributed by atoms with E-state index in [4.69, 9.17) is 11.6 Å². The van der Waals surface area contributed by atoms with Crippen molar-refractivity contribution in [2.75, 3.05) is 31.2 Å². The van der Waals surface area contributed by atoms with Crippen molar-refractivity contribution < 1.29 is 14.4 Å². The van der Waals surface area contributed by atoms with Crippen LogP contribution in [-0.4, -0.2) is 53.9 Å². The van der Waals surface area contributed by atoms with E-state index in [0.717, 1.165) is 5.56 Å². The molecule has 0 aliphatic carbocycles. The Hall–Kier alpha value is -3.06. The van der Waals surface area contributed by atoms with Crippen LogP contribution < -0.4 is 10.2 Å². The molecule has 1 aliphatic rings. The molecule has 1 fully saturated rings. The molecule has 4 amide bonds. The molecule has 164 valence electrons. The fraction of sp³-hybridized carbons (Fsp3) is 0.348. The van der Waals surface area contributed by atoms with E-state index in [9.17, 15) is 14.4 Å². The zero-order valence-electron chi connectivity index (χ0n) is 17.8. The number of rotatable bonds is 7. The number of carbonyl (C=O) groups excluding carboxylic acids is 3. The van der Waals surface area contributed by atoms with Crippen molar-refractivity contribution in [3.05, 3.63) is 65.2 Å². The Bertz CT molecular complexity index is 918. The molecular weight excluding hydrogens is 416 g/mol. The van der Waals surface area contributed by atoms with Gasteiger partial charge >= 0.3 is 6.03 Å². The molecule has 0 saturated carbocycles. The summed E-state index contributed by atoms with van der Waals surface area (Å²) in [6.07, 6.45) is 0. The second-order valence-corrected chi connectivity index (χ2v) is 8.39. The first-order chi connectivity index (χ1) is 14.8. The third-order valence-electron chi connectivity index (χ3n) is 4.92. The Kier molecular flexibility index (Phi) is 7.52. The van der Waals surface area contributed by atoms with Crippen LogP contribution in [0.2, 0.25) is 5.02 Å². The molecule has 3 rings (SSSR count). The number of nitrogens with zero attached hydrogens (tertiary/aromatic N) is 3. The SMILES string of the molecule is CC(C)CN(CC(=O)N1CC(=O)N(c2ccc(Cl)cc2)C1)C(=O)NCc1ccccc1. The van der Waals surface area contributed by atoms with Gasteiger partial charge in [-0.25, -0.2) is 4.79 Å².